The Morgan fingerprint density at radius 3 is 2.34 bits per heavy atom. The van der Waals surface area contributed by atoms with Crippen molar-refractivity contribution in [3.8, 4) is 5.75 Å². The van der Waals surface area contributed by atoms with Crippen LogP contribution in [0.25, 0.3) is 0 Å². The standard InChI is InChI=1S/C26H29NO4S/c1-26(2,3)21-11-9-10-20(16-21)19-32(28,29)27(22-12-5-4-6-13-22)24-14-7-8-15-25(24)31-18-23-17-30-23/h4-16,23H,17-19H2,1-3H3. The molecule has 0 saturated carbocycles. The molecular formula is C26H29NO4S. The maximum Gasteiger partial charge on any atom is 0.243 e. The first-order valence-electron chi connectivity index (χ1n) is 10.7. The summed E-state index contributed by atoms with van der Waals surface area (Å²) in [6.07, 6.45) is 0.0741. The molecular weight excluding hydrogens is 422 g/mol. The highest BCUT2D eigenvalue weighted by molar-refractivity contribution is 7.92. The average Bonchev–Trinajstić information content (AvgIpc) is 3.58. The highest BCUT2D eigenvalue weighted by Crippen LogP contribution is 2.37. The third-order valence-electron chi connectivity index (χ3n) is 5.32. The van der Waals surface area contributed by atoms with Gasteiger partial charge in [0.25, 0.3) is 0 Å². The fraction of sp³-hybridized carbons (Fsp3) is 0.308. The molecule has 1 aliphatic heterocycles. The van der Waals surface area contributed by atoms with Gasteiger partial charge in [0.2, 0.25) is 10.0 Å². The van der Waals surface area contributed by atoms with Crippen molar-refractivity contribution in [3.05, 3.63) is 90.0 Å². The lowest BCUT2D eigenvalue weighted by Gasteiger charge is -2.27. The van der Waals surface area contributed by atoms with Crippen LogP contribution in [0.1, 0.15) is 31.9 Å². The zero-order valence-electron chi connectivity index (χ0n) is 18.7. The number of epoxide rings is 1. The Morgan fingerprint density at radius 1 is 0.969 bits per heavy atom. The van der Waals surface area contributed by atoms with E-state index >= 15 is 0 Å². The first kappa shape index (κ1) is 22.4. The molecule has 5 nitrogen and oxygen atoms in total. The number of nitrogens with zero attached hydrogens (tertiary/aromatic N) is 1. The Labute approximate surface area is 190 Å². The van der Waals surface area contributed by atoms with E-state index in [9.17, 15) is 8.42 Å². The van der Waals surface area contributed by atoms with Crippen molar-refractivity contribution in [2.45, 2.75) is 38.0 Å². The molecule has 0 aliphatic carbocycles. The Balaban J connectivity index is 1.73. The summed E-state index contributed by atoms with van der Waals surface area (Å²) in [7, 11) is -3.77. The number of rotatable bonds is 8. The van der Waals surface area contributed by atoms with E-state index in [0.29, 0.717) is 30.3 Å². The first-order chi connectivity index (χ1) is 15.2. The molecule has 0 aromatic heterocycles. The third-order valence-corrected chi connectivity index (χ3v) is 6.98. The van der Waals surface area contributed by atoms with Crippen LogP contribution in [-0.4, -0.2) is 27.7 Å². The molecule has 0 N–H and O–H groups in total. The summed E-state index contributed by atoms with van der Waals surface area (Å²) in [4.78, 5) is 0. The van der Waals surface area contributed by atoms with Gasteiger partial charge in [-0.05, 0) is 40.8 Å². The van der Waals surface area contributed by atoms with Crippen molar-refractivity contribution >= 4 is 21.4 Å². The Morgan fingerprint density at radius 2 is 1.66 bits per heavy atom. The van der Waals surface area contributed by atoms with Crippen molar-refractivity contribution in [3.63, 3.8) is 0 Å². The van der Waals surface area contributed by atoms with Crippen molar-refractivity contribution in [1.82, 2.24) is 0 Å². The van der Waals surface area contributed by atoms with E-state index in [1.54, 1.807) is 24.3 Å². The second-order valence-corrected chi connectivity index (χ2v) is 10.9. The van der Waals surface area contributed by atoms with Gasteiger partial charge in [-0.25, -0.2) is 12.7 Å². The summed E-state index contributed by atoms with van der Waals surface area (Å²) in [5.41, 5.74) is 2.85. The Hall–Kier alpha value is -2.83. The number of hydrogen-bond acceptors (Lipinski definition) is 4. The molecule has 3 aromatic rings. The third kappa shape index (κ3) is 5.31. The van der Waals surface area contributed by atoms with Crippen LogP contribution in [0.5, 0.6) is 5.75 Å². The molecule has 1 heterocycles. The van der Waals surface area contributed by atoms with Crippen LogP contribution in [0.3, 0.4) is 0 Å². The molecule has 1 aliphatic rings. The van der Waals surface area contributed by atoms with Gasteiger partial charge in [0.1, 0.15) is 18.5 Å². The summed E-state index contributed by atoms with van der Waals surface area (Å²) < 4.78 is 40.2. The SMILES string of the molecule is CC(C)(C)c1cccc(CS(=O)(=O)N(c2ccccc2)c2ccccc2OCC2CO2)c1. The quantitative estimate of drug-likeness (QED) is 0.429. The lowest BCUT2D eigenvalue weighted by molar-refractivity contribution is 0.264. The van der Waals surface area contributed by atoms with Crippen LogP contribution in [-0.2, 0) is 25.9 Å². The maximum absolute atomic E-state index is 13.8. The van der Waals surface area contributed by atoms with Gasteiger partial charge >= 0.3 is 0 Å². The number of ether oxygens (including phenoxy) is 2. The molecule has 0 spiro atoms. The van der Waals surface area contributed by atoms with Gasteiger partial charge in [0.15, 0.2) is 0 Å². The van der Waals surface area contributed by atoms with E-state index in [4.69, 9.17) is 9.47 Å². The van der Waals surface area contributed by atoms with Gasteiger partial charge < -0.3 is 9.47 Å². The zero-order valence-corrected chi connectivity index (χ0v) is 19.5. The van der Waals surface area contributed by atoms with Crippen LogP contribution in [0, 0.1) is 0 Å². The van der Waals surface area contributed by atoms with Crippen LogP contribution in [0.15, 0.2) is 78.9 Å². The van der Waals surface area contributed by atoms with Crippen LogP contribution < -0.4 is 9.04 Å². The van der Waals surface area contributed by atoms with Gasteiger partial charge in [-0.2, -0.15) is 0 Å². The molecule has 1 fully saturated rings. The van der Waals surface area contributed by atoms with Gasteiger partial charge in [0.05, 0.1) is 23.7 Å². The van der Waals surface area contributed by atoms with Crippen molar-refractivity contribution in [2.24, 2.45) is 0 Å². The summed E-state index contributed by atoms with van der Waals surface area (Å²) in [6.45, 7) is 7.43. The van der Waals surface area contributed by atoms with Gasteiger partial charge in [-0.1, -0.05) is 75.4 Å². The largest absolute Gasteiger partial charge is 0.489 e. The number of benzene rings is 3. The lowest BCUT2D eigenvalue weighted by Crippen LogP contribution is -2.28. The van der Waals surface area contributed by atoms with Gasteiger partial charge in [-0.15, -0.1) is 0 Å². The van der Waals surface area contributed by atoms with Crippen molar-refractivity contribution in [2.75, 3.05) is 17.5 Å². The topological polar surface area (TPSA) is 59.1 Å². The summed E-state index contributed by atoms with van der Waals surface area (Å²) in [6, 6.07) is 24.2. The lowest BCUT2D eigenvalue weighted by atomic mass is 9.86. The van der Waals surface area contributed by atoms with Crippen molar-refractivity contribution in [1.29, 1.82) is 0 Å². The number of sulfonamides is 1. The van der Waals surface area contributed by atoms with E-state index < -0.39 is 10.0 Å². The van der Waals surface area contributed by atoms with Crippen molar-refractivity contribution < 1.29 is 17.9 Å². The minimum absolute atomic E-state index is 0.0653. The predicted molar refractivity (Wildman–Crippen MR) is 128 cm³/mol. The maximum atomic E-state index is 13.8. The predicted octanol–water partition coefficient (Wildman–Crippen LogP) is 5.43. The minimum Gasteiger partial charge on any atom is -0.489 e. The molecule has 4 rings (SSSR count). The minimum atomic E-state index is -3.77. The molecule has 168 valence electrons. The Kier molecular flexibility index (Phi) is 6.26. The molecule has 1 unspecified atom stereocenters. The fourth-order valence-corrected chi connectivity index (χ4v) is 5.13. The number of hydrogen-bond donors (Lipinski definition) is 0. The summed E-state index contributed by atoms with van der Waals surface area (Å²) in [5.74, 6) is 0.394. The molecule has 3 aromatic carbocycles. The van der Waals surface area contributed by atoms with Crippen LogP contribution >= 0.6 is 0 Å². The monoisotopic (exact) mass is 451 g/mol. The smallest absolute Gasteiger partial charge is 0.243 e. The Bertz CT molecular complexity index is 1170. The molecule has 6 heteroatoms. The second-order valence-electron chi connectivity index (χ2n) is 9.04. The van der Waals surface area contributed by atoms with E-state index in [1.165, 1.54) is 4.31 Å². The molecule has 0 amide bonds. The number of anilines is 2. The molecule has 0 radical (unpaired) electrons. The summed E-state index contributed by atoms with van der Waals surface area (Å²) in [5, 5.41) is 0. The van der Waals surface area contributed by atoms with E-state index in [-0.39, 0.29) is 17.3 Å². The molecule has 1 saturated heterocycles. The van der Waals surface area contributed by atoms with E-state index in [1.807, 2.05) is 54.6 Å². The normalized spacial score (nSPS) is 15.9. The van der Waals surface area contributed by atoms with Crippen LogP contribution in [0.2, 0.25) is 0 Å². The van der Waals surface area contributed by atoms with Crippen LogP contribution in [0.4, 0.5) is 11.4 Å². The highest BCUT2D eigenvalue weighted by atomic mass is 32.2. The first-order valence-corrected chi connectivity index (χ1v) is 12.4. The average molecular weight is 452 g/mol. The van der Waals surface area contributed by atoms with Gasteiger partial charge in [0, 0.05) is 0 Å². The fourth-order valence-electron chi connectivity index (χ4n) is 3.51. The molecule has 0 bridgehead atoms. The summed E-state index contributed by atoms with van der Waals surface area (Å²) >= 11 is 0. The number of para-hydroxylation sites is 3. The van der Waals surface area contributed by atoms with Gasteiger partial charge in [-0.3, -0.25) is 0 Å². The molecule has 1 atom stereocenters. The van der Waals surface area contributed by atoms with E-state index in [2.05, 4.69) is 20.8 Å². The zero-order chi connectivity index (χ0) is 22.8. The molecule has 32 heavy (non-hydrogen) atoms. The second kappa shape index (κ2) is 8.96. The highest BCUT2D eigenvalue weighted by Gasteiger charge is 2.29. The van der Waals surface area contributed by atoms with E-state index in [0.717, 1.165) is 11.1 Å².